The van der Waals surface area contributed by atoms with Crippen LogP contribution in [0.25, 0.3) is 11.1 Å². The molecule has 0 aliphatic heterocycles. The summed E-state index contributed by atoms with van der Waals surface area (Å²) in [6.45, 7) is 3.83. The third kappa shape index (κ3) is 2.70. The number of rotatable bonds is 4. The van der Waals surface area contributed by atoms with E-state index in [2.05, 4.69) is 4.57 Å². The van der Waals surface area contributed by atoms with Crippen molar-refractivity contribution in [2.24, 2.45) is 5.73 Å². The van der Waals surface area contributed by atoms with Crippen LogP contribution < -0.4 is 5.73 Å². The minimum atomic E-state index is -4.38. The fraction of sp³-hybridized carbons (Fsp3) is 0.389. The van der Waals surface area contributed by atoms with Crippen LogP contribution in [0.2, 0.25) is 0 Å². The van der Waals surface area contributed by atoms with Gasteiger partial charge in [-0.3, -0.25) is 4.79 Å². The fourth-order valence-corrected chi connectivity index (χ4v) is 3.38. The van der Waals surface area contributed by atoms with Crippen molar-refractivity contribution in [1.29, 1.82) is 0 Å². The summed E-state index contributed by atoms with van der Waals surface area (Å²) in [7, 11) is 0. The molecule has 24 heavy (non-hydrogen) atoms. The zero-order valence-electron chi connectivity index (χ0n) is 13.6. The van der Waals surface area contributed by atoms with E-state index < -0.39 is 17.6 Å². The van der Waals surface area contributed by atoms with Crippen molar-refractivity contribution in [3.05, 3.63) is 46.8 Å². The highest BCUT2D eigenvalue weighted by molar-refractivity contribution is 6.02. The molecule has 0 atom stereocenters. The molecule has 3 nitrogen and oxygen atoms in total. The number of carbonyl (C=O) groups is 1. The highest BCUT2D eigenvalue weighted by atomic mass is 19.4. The molecule has 0 unspecified atom stereocenters. The second-order valence-electron chi connectivity index (χ2n) is 6.18. The van der Waals surface area contributed by atoms with Crippen molar-refractivity contribution < 1.29 is 18.0 Å². The molecule has 1 heterocycles. The molecular formula is C18H19F3N2O. The van der Waals surface area contributed by atoms with Gasteiger partial charge in [-0.1, -0.05) is 19.1 Å². The van der Waals surface area contributed by atoms with Crippen LogP contribution in [0.5, 0.6) is 0 Å². The van der Waals surface area contributed by atoms with Gasteiger partial charge in [0.25, 0.3) is 5.91 Å². The molecule has 3 rings (SSSR count). The average molecular weight is 336 g/mol. The van der Waals surface area contributed by atoms with Crippen molar-refractivity contribution in [2.75, 3.05) is 0 Å². The summed E-state index contributed by atoms with van der Waals surface area (Å²) in [5.74, 6) is -0.545. The predicted octanol–water partition coefficient (Wildman–Crippen LogP) is 4.48. The molecule has 0 radical (unpaired) electrons. The van der Waals surface area contributed by atoms with E-state index in [1.54, 1.807) is 0 Å². The second kappa shape index (κ2) is 5.69. The third-order valence-electron chi connectivity index (χ3n) is 4.55. The lowest BCUT2D eigenvalue weighted by Crippen LogP contribution is -2.13. The van der Waals surface area contributed by atoms with Crippen LogP contribution in [0, 0.1) is 6.92 Å². The highest BCUT2D eigenvalue weighted by Gasteiger charge is 2.33. The summed E-state index contributed by atoms with van der Waals surface area (Å²) in [4.78, 5) is 12.0. The summed E-state index contributed by atoms with van der Waals surface area (Å²) in [6, 6.07) is 5.29. The molecule has 1 aromatic carbocycles. The fourth-order valence-electron chi connectivity index (χ4n) is 3.38. The molecular weight excluding hydrogens is 317 g/mol. The Morgan fingerprint density at radius 3 is 2.25 bits per heavy atom. The van der Waals surface area contributed by atoms with Gasteiger partial charge in [-0.05, 0) is 43.9 Å². The molecule has 1 aliphatic carbocycles. The molecule has 2 N–H and O–H groups in total. The van der Waals surface area contributed by atoms with Crippen LogP contribution in [0.3, 0.4) is 0 Å². The molecule has 0 bridgehead atoms. The quantitative estimate of drug-likeness (QED) is 0.879. The van der Waals surface area contributed by atoms with Gasteiger partial charge in [0, 0.05) is 23.0 Å². The number of halogens is 3. The van der Waals surface area contributed by atoms with E-state index in [4.69, 9.17) is 5.73 Å². The number of hydrogen-bond acceptors (Lipinski definition) is 1. The Morgan fingerprint density at radius 1 is 1.25 bits per heavy atom. The number of hydrogen-bond donors (Lipinski definition) is 1. The maximum Gasteiger partial charge on any atom is 0.416 e. The lowest BCUT2D eigenvalue weighted by atomic mass is 9.97. The Hall–Kier alpha value is -2.24. The molecule has 128 valence electrons. The summed E-state index contributed by atoms with van der Waals surface area (Å²) in [5, 5.41) is 0. The number of alkyl halides is 3. The third-order valence-corrected chi connectivity index (χ3v) is 4.55. The summed E-state index contributed by atoms with van der Waals surface area (Å²) < 4.78 is 40.5. The van der Waals surface area contributed by atoms with E-state index in [9.17, 15) is 18.0 Å². The molecule has 1 amide bonds. The van der Waals surface area contributed by atoms with E-state index in [0.29, 0.717) is 29.2 Å². The SMILES string of the molecule is CCc1c(-c2ccc(C(F)(F)F)cc2)c(C(N)=O)c(C)n1C1CC1. The van der Waals surface area contributed by atoms with Crippen molar-refractivity contribution in [3.8, 4) is 11.1 Å². The number of carbonyl (C=O) groups excluding carboxylic acids is 1. The first kappa shape index (κ1) is 16.6. The molecule has 0 saturated heterocycles. The Balaban J connectivity index is 2.19. The number of aromatic nitrogens is 1. The van der Waals surface area contributed by atoms with E-state index >= 15 is 0 Å². The molecule has 1 fully saturated rings. The molecule has 0 spiro atoms. The Bertz CT molecular complexity index is 784. The molecule has 6 heteroatoms. The smallest absolute Gasteiger partial charge is 0.366 e. The minimum Gasteiger partial charge on any atom is -0.366 e. The van der Waals surface area contributed by atoms with Gasteiger partial charge in [0.2, 0.25) is 0 Å². The summed E-state index contributed by atoms with van der Waals surface area (Å²) in [6.07, 6.45) is -1.60. The van der Waals surface area contributed by atoms with Crippen LogP contribution in [0.1, 0.15) is 53.1 Å². The van der Waals surface area contributed by atoms with E-state index in [-0.39, 0.29) is 0 Å². The Morgan fingerprint density at radius 2 is 1.83 bits per heavy atom. The molecule has 1 saturated carbocycles. The second-order valence-corrected chi connectivity index (χ2v) is 6.18. The largest absolute Gasteiger partial charge is 0.416 e. The molecule has 1 aromatic heterocycles. The van der Waals surface area contributed by atoms with Crippen LogP contribution >= 0.6 is 0 Å². The van der Waals surface area contributed by atoms with Crippen LogP contribution in [0.15, 0.2) is 24.3 Å². The van der Waals surface area contributed by atoms with Crippen molar-refractivity contribution in [2.45, 2.75) is 45.3 Å². The minimum absolute atomic E-state index is 0.362. The van der Waals surface area contributed by atoms with Gasteiger partial charge in [0.05, 0.1) is 11.1 Å². The first-order chi connectivity index (χ1) is 11.3. The lowest BCUT2D eigenvalue weighted by Gasteiger charge is -2.11. The van der Waals surface area contributed by atoms with Crippen LogP contribution in [-0.2, 0) is 12.6 Å². The van der Waals surface area contributed by atoms with Crippen LogP contribution in [-0.4, -0.2) is 10.5 Å². The number of nitrogens with zero attached hydrogens (tertiary/aromatic N) is 1. The lowest BCUT2D eigenvalue weighted by molar-refractivity contribution is -0.137. The van der Waals surface area contributed by atoms with Gasteiger partial charge in [0.1, 0.15) is 0 Å². The van der Waals surface area contributed by atoms with Gasteiger partial charge in [-0.25, -0.2) is 0 Å². The summed E-state index contributed by atoms with van der Waals surface area (Å²) in [5.41, 5.74) is 8.31. The number of primary amides is 1. The van der Waals surface area contributed by atoms with Gasteiger partial charge in [-0.15, -0.1) is 0 Å². The normalized spacial score (nSPS) is 14.9. The van der Waals surface area contributed by atoms with Crippen molar-refractivity contribution >= 4 is 5.91 Å². The zero-order valence-corrected chi connectivity index (χ0v) is 13.6. The number of amides is 1. The van der Waals surface area contributed by atoms with Crippen LogP contribution in [0.4, 0.5) is 13.2 Å². The Labute approximate surface area is 138 Å². The van der Waals surface area contributed by atoms with Crippen molar-refractivity contribution in [1.82, 2.24) is 4.57 Å². The van der Waals surface area contributed by atoms with Gasteiger partial charge < -0.3 is 10.3 Å². The van der Waals surface area contributed by atoms with E-state index in [1.807, 2.05) is 13.8 Å². The zero-order chi connectivity index (χ0) is 17.6. The van der Waals surface area contributed by atoms with Gasteiger partial charge >= 0.3 is 6.18 Å². The Kier molecular flexibility index (Phi) is 3.94. The van der Waals surface area contributed by atoms with Gasteiger partial charge in [0.15, 0.2) is 0 Å². The maximum atomic E-state index is 12.8. The molecule has 1 aliphatic rings. The monoisotopic (exact) mass is 336 g/mol. The summed E-state index contributed by atoms with van der Waals surface area (Å²) >= 11 is 0. The standard InChI is InChI=1S/C18H19F3N2O/c1-3-14-16(11-4-6-12(7-5-11)18(19,20)21)15(17(22)24)10(2)23(14)13-8-9-13/h4-7,13H,3,8-9H2,1-2H3,(H2,22,24). The van der Waals surface area contributed by atoms with Crippen molar-refractivity contribution in [3.63, 3.8) is 0 Å². The topological polar surface area (TPSA) is 48.0 Å². The predicted molar refractivity (Wildman–Crippen MR) is 85.8 cm³/mol. The first-order valence-electron chi connectivity index (χ1n) is 7.96. The highest BCUT2D eigenvalue weighted by Crippen LogP contribution is 2.43. The average Bonchev–Trinajstić information content (AvgIpc) is 3.29. The first-order valence-corrected chi connectivity index (χ1v) is 7.96. The van der Waals surface area contributed by atoms with E-state index in [1.165, 1.54) is 12.1 Å². The maximum absolute atomic E-state index is 12.8. The number of nitrogens with two attached hydrogens (primary N) is 1. The van der Waals surface area contributed by atoms with E-state index in [0.717, 1.165) is 36.4 Å². The molecule has 2 aromatic rings. The number of benzene rings is 1. The van der Waals surface area contributed by atoms with Gasteiger partial charge in [-0.2, -0.15) is 13.2 Å².